The second-order valence-electron chi connectivity index (χ2n) is 12.9. The molecule has 3 aromatic rings. The van der Waals surface area contributed by atoms with Crippen molar-refractivity contribution in [1.82, 2.24) is 25.2 Å². The molecular formula is C32H39N5O3. The lowest BCUT2D eigenvalue weighted by atomic mass is 9.83. The molecule has 40 heavy (non-hydrogen) atoms. The average molecular weight is 542 g/mol. The molecular weight excluding hydrogens is 502 g/mol. The van der Waals surface area contributed by atoms with E-state index in [1.807, 2.05) is 71.0 Å². The zero-order valence-electron chi connectivity index (χ0n) is 24.0. The van der Waals surface area contributed by atoms with Gasteiger partial charge in [-0.3, -0.25) is 14.4 Å². The van der Waals surface area contributed by atoms with E-state index in [9.17, 15) is 14.4 Å². The van der Waals surface area contributed by atoms with Gasteiger partial charge in [0.2, 0.25) is 11.8 Å². The Hall–Kier alpha value is -3.81. The van der Waals surface area contributed by atoms with Gasteiger partial charge in [0, 0.05) is 6.42 Å². The molecule has 0 unspecified atom stereocenters. The maximum absolute atomic E-state index is 14.5. The minimum absolute atomic E-state index is 0.0515. The molecule has 3 atom stereocenters. The summed E-state index contributed by atoms with van der Waals surface area (Å²) in [5.74, 6) is -0.306. The van der Waals surface area contributed by atoms with Gasteiger partial charge in [-0.05, 0) is 65.3 Å². The first-order chi connectivity index (χ1) is 19.0. The lowest BCUT2D eigenvalue weighted by Crippen LogP contribution is -2.66. The fraction of sp³-hybridized carbons (Fsp3) is 0.469. The summed E-state index contributed by atoms with van der Waals surface area (Å²) in [6.45, 7) is 10.1. The third-order valence-corrected chi connectivity index (χ3v) is 7.89. The number of hydrogen-bond donors (Lipinski definition) is 1. The molecule has 5 rings (SSSR count). The van der Waals surface area contributed by atoms with E-state index in [0.29, 0.717) is 12.0 Å². The van der Waals surface area contributed by atoms with Gasteiger partial charge in [0.1, 0.15) is 18.1 Å². The normalized spacial score (nSPS) is 20.5. The van der Waals surface area contributed by atoms with Gasteiger partial charge in [-0.2, -0.15) is 0 Å². The highest BCUT2D eigenvalue weighted by molar-refractivity contribution is 6.00. The Bertz CT molecular complexity index is 1350. The summed E-state index contributed by atoms with van der Waals surface area (Å²) < 4.78 is 1.64. The molecule has 1 aromatic heterocycles. The Morgan fingerprint density at radius 2 is 1.68 bits per heavy atom. The quantitative estimate of drug-likeness (QED) is 0.454. The van der Waals surface area contributed by atoms with Gasteiger partial charge in [0.05, 0.1) is 18.1 Å². The molecule has 0 radical (unpaired) electrons. The van der Waals surface area contributed by atoms with Crippen LogP contribution in [0.1, 0.15) is 70.2 Å². The summed E-state index contributed by atoms with van der Waals surface area (Å²) in [5.41, 5.74) is 3.65. The van der Waals surface area contributed by atoms with E-state index in [-0.39, 0.29) is 41.3 Å². The third kappa shape index (κ3) is 5.71. The van der Waals surface area contributed by atoms with Crippen LogP contribution in [0.15, 0.2) is 60.9 Å². The predicted molar refractivity (Wildman–Crippen MR) is 153 cm³/mol. The molecule has 1 fully saturated rings. The van der Waals surface area contributed by atoms with E-state index in [0.717, 1.165) is 18.5 Å². The van der Waals surface area contributed by atoms with Crippen molar-refractivity contribution in [2.24, 2.45) is 17.3 Å². The summed E-state index contributed by atoms with van der Waals surface area (Å²) >= 11 is 0. The van der Waals surface area contributed by atoms with Crippen LogP contribution in [0, 0.1) is 17.3 Å². The van der Waals surface area contributed by atoms with Crippen LogP contribution in [0.25, 0.3) is 5.69 Å². The van der Waals surface area contributed by atoms with Crippen LogP contribution < -0.4 is 5.32 Å². The second-order valence-corrected chi connectivity index (χ2v) is 12.9. The molecule has 0 bridgehead atoms. The van der Waals surface area contributed by atoms with Gasteiger partial charge >= 0.3 is 0 Å². The molecule has 2 aliphatic rings. The van der Waals surface area contributed by atoms with Crippen LogP contribution in [0.2, 0.25) is 0 Å². The maximum atomic E-state index is 14.5. The monoisotopic (exact) mass is 541 g/mol. The summed E-state index contributed by atoms with van der Waals surface area (Å²) in [6, 6.07) is 13.4. The van der Waals surface area contributed by atoms with Crippen molar-refractivity contribution in [2.75, 3.05) is 0 Å². The SMILES string of the molecule is CC(C)C[C@@H]1C(=O)N[C@H](C2Cc3ccccc3C2)C(=O)N1[C@@H](C(=O)CC(C)(C)C)c1ccc(-n2ccnn2)cc1. The fourth-order valence-corrected chi connectivity index (χ4v) is 6.15. The first-order valence-electron chi connectivity index (χ1n) is 14.2. The summed E-state index contributed by atoms with van der Waals surface area (Å²) in [4.78, 5) is 44.0. The van der Waals surface area contributed by atoms with Crippen molar-refractivity contribution in [3.63, 3.8) is 0 Å². The first-order valence-corrected chi connectivity index (χ1v) is 14.2. The van der Waals surface area contributed by atoms with E-state index >= 15 is 0 Å². The highest BCUT2D eigenvalue weighted by Gasteiger charge is 2.49. The molecule has 1 N–H and O–H groups in total. The highest BCUT2D eigenvalue weighted by Crippen LogP contribution is 2.37. The van der Waals surface area contributed by atoms with Crippen LogP contribution in [0.4, 0.5) is 0 Å². The largest absolute Gasteiger partial charge is 0.342 e. The first kappa shape index (κ1) is 27.7. The van der Waals surface area contributed by atoms with Gasteiger partial charge in [-0.25, -0.2) is 4.68 Å². The number of carbonyl (C=O) groups is 3. The zero-order valence-corrected chi connectivity index (χ0v) is 24.0. The van der Waals surface area contributed by atoms with Crippen molar-refractivity contribution in [2.45, 2.75) is 78.4 Å². The Kier molecular flexibility index (Phi) is 7.62. The number of nitrogens with one attached hydrogen (secondary N) is 1. The Labute approximate surface area is 236 Å². The molecule has 0 spiro atoms. The van der Waals surface area contributed by atoms with Gasteiger partial charge in [-0.15, -0.1) is 5.10 Å². The van der Waals surface area contributed by atoms with Crippen LogP contribution in [-0.2, 0) is 27.2 Å². The Morgan fingerprint density at radius 3 is 2.23 bits per heavy atom. The fourth-order valence-electron chi connectivity index (χ4n) is 6.15. The zero-order chi connectivity index (χ0) is 28.6. The average Bonchev–Trinajstić information content (AvgIpc) is 3.57. The number of Topliss-reactive ketones (excluding diaryl/α,β-unsaturated/α-hetero) is 1. The number of benzene rings is 2. The van der Waals surface area contributed by atoms with E-state index < -0.39 is 18.1 Å². The number of carbonyl (C=O) groups excluding carboxylic acids is 3. The lowest BCUT2D eigenvalue weighted by Gasteiger charge is -2.45. The molecule has 8 nitrogen and oxygen atoms in total. The molecule has 2 heterocycles. The molecule has 210 valence electrons. The van der Waals surface area contributed by atoms with Crippen molar-refractivity contribution in [1.29, 1.82) is 0 Å². The molecule has 1 aliphatic heterocycles. The number of aromatic nitrogens is 3. The summed E-state index contributed by atoms with van der Waals surface area (Å²) in [7, 11) is 0. The highest BCUT2D eigenvalue weighted by atomic mass is 16.2. The van der Waals surface area contributed by atoms with E-state index in [1.165, 1.54) is 11.1 Å². The molecule has 2 amide bonds. The van der Waals surface area contributed by atoms with Crippen LogP contribution in [-0.4, -0.2) is 49.6 Å². The Morgan fingerprint density at radius 1 is 1.02 bits per heavy atom. The summed E-state index contributed by atoms with van der Waals surface area (Å²) in [5, 5.41) is 11.0. The van der Waals surface area contributed by atoms with Crippen LogP contribution in [0.3, 0.4) is 0 Å². The number of fused-ring (bicyclic) bond motifs is 1. The van der Waals surface area contributed by atoms with E-state index in [4.69, 9.17) is 0 Å². The number of amides is 2. The number of hydrogen-bond acceptors (Lipinski definition) is 5. The predicted octanol–water partition coefficient (Wildman–Crippen LogP) is 4.47. The van der Waals surface area contributed by atoms with Crippen LogP contribution in [0.5, 0.6) is 0 Å². The summed E-state index contributed by atoms with van der Waals surface area (Å²) in [6.07, 6.45) is 5.56. The lowest BCUT2D eigenvalue weighted by molar-refractivity contribution is -0.157. The Balaban J connectivity index is 1.55. The number of rotatable bonds is 8. The second kappa shape index (κ2) is 11.0. The van der Waals surface area contributed by atoms with Crippen molar-refractivity contribution >= 4 is 17.6 Å². The van der Waals surface area contributed by atoms with Crippen molar-refractivity contribution in [3.05, 3.63) is 77.6 Å². The van der Waals surface area contributed by atoms with Gasteiger partial charge < -0.3 is 10.2 Å². The molecule has 8 heteroatoms. The molecule has 2 aromatic carbocycles. The molecule has 0 saturated carbocycles. The number of piperazine rings is 1. The van der Waals surface area contributed by atoms with Crippen molar-refractivity contribution in [3.8, 4) is 5.69 Å². The third-order valence-electron chi connectivity index (χ3n) is 7.89. The van der Waals surface area contributed by atoms with Gasteiger partial charge in [-0.1, -0.05) is 76.2 Å². The van der Waals surface area contributed by atoms with Gasteiger partial charge in [0.15, 0.2) is 5.78 Å². The standard InChI is InChI=1S/C32H39N5O3/c1-20(2)16-26-30(39)34-28(24-17-22-8-6-7-9-23(22)18-24)31(40)37(26)29(27(38)19-32(3,4)5)21-10-12-25(13-11-21)36-15-14-33-35-36/h6-15,20,24,26,28-29H,16-19H2,1-5H3,(H,34,39)/t26-,28-,29-/m1/s1. The minimum atomic E-state index is -0.863. The molecule has 1 aliphatic carbocycles. The van der Waals surface area contributed by atoms with E-state index in [2.05, 4.69) is 27.8 Å². The topological polar surface area (TPSA) is 97.2 Å². The smallest absolute Gasteiger partial charge is 0.247 e. The number of nitrogens with zero attached hydrogens (tertiary/aromatic N) is 4. The number of ketones is 1. The maximum Gasteiger partial charge on any atom is 0.247 e. The van der Waals surface area contributed by atoms with Crippen LogP contribution >= 0.6 is 0 Å². The van der Waals surface area contributed by atoms with E-state index in [1.54, 1.807) is 22.0 Å². The van der Waals surface area contributed by atoms with Gasteiger partial charge in [0.25, 0.3) is 0 Å². The molecule has 1 saturated heterocycles. The minimum Gasteiger partial charge on any atom is -0.342 e. The van der Waals surface area contributed by atoms with Crippen molar-refractivity contribution < 1.29 is 14.4 Å².